The molecule has 1 aromatic carbocycles. The molecule has 7 heteroatoms. The van der Waals surface area contributed by atoms with Crippen LogP contribution in [0.5, 0.6) is 0 Å². The lowest BCUT2D eigenvalue weighted by atomic mass is 10.2. The molecule has 1 aromatic rings. The van der Waals surface area contributed by atoms with E-state index in [0.29, 0.717) is 19.6 Å². The van der Waals surface area contributed by atoms with Crippen LogP contribution in [0.4, 0.5) is 16.2 Å². The average Bonchev–Trinajstić information content (AvgIpc) is 2.84. The third-order valence-corrected chi connectivity index (χ3v) is 3.07. The minimum Gasteiger partial charge on any atom is -0.442 e. The van der Waals surface area contributed by atoms with Gasteiger partial charge in [-0.25, -0.2) is 4.79 Å². The third-order valence-electron chi connectivity index (χ3n) is 3.07. The molecule has 2 rings (SSSR count). The van der Waals surface area contributed by atoms with Crippen LogP contribution in [0.25, 0.3) is 0 Å². The molecule has 1 atom stereocenters. The molecule has 0 bridgehead atoms. The second kappa shape index (κ2) is 6.94. The van der Waals surface area contributed by atoms with Crippen molar-refractivity contribution in [1.82, 2.24) is 5.32 Å². The molecule has 1 saturated heterocycles. The number of carbonyl (C=O) groups is 2. The Kier molecular flexibility index (Phi) is 4.99. The fourth-order valence-corrected chi connectivity index (χ4v) is 2.06. The Morgan fingerprint density at radius 3 is 2.76 bits per heavy atom. The molecule has 0 aliphatic carbocycles. The number of nitrogens with zero attached hydrogens (tertiary/aromatic N) is 1. The van der Waals surface area contributed by atoms with Crippen molar-refractivity contribution in [1.29, 1.82) is 0 Å². The van der Waals surface area contributed by atoms with Crippen LogP contribution in [-0.2, 0) is 9.53 Å². The summed E-state index contributed by atoms with van der Waals surface area (Å²) in [5.74, 6) is -0.149. The van der Waals surface area contributed by atoms with E-state index in [1.165, 1.54) is 11.8 Å². The minimum atomic E-state index is -0.415. The summed E-state index contributed by atoms with van der Waals surface area (Å²) in [6, 6.07) is 7.28. The first-order chi connectivity index (χ1) is 10.1. The number of ether oxygens (including phenoxy) is 1. The van der Waals surface area contributed by atoms with Gasteiger partial charge in [0, 0.05) is 24.8 Å². The van der Waals surface area contributed by atoms with Gasteiger partial charge in [-0.05, 0) is 24.3 Å². The van der Waals surface area contributed by atoms with E-state index in [0.717, 1.165) is 11.4 Å². The number of rotatable bonds is 6. The summed E-state index contributed by atoms with van der Waals surface area (Å²) in [6.07, 6.45) is -0.755. The maximum atomic E-state index is 11.8. The lowest BCUT2D eigenvalue weighted by Crippen LogP contribution is -2.33. The van der Waals surface area contributed by atoms with Crippen LogP contribution in [0.3, 0.4) is 0 Å². The van der Waals surface area contributed by atoms with Crippen LogP contribution in [0, 0.1) is 0 Å². The highest BCUT2D eigenvalue weighted by atomic mass is 16.6. The van der Waals surface area contributed by atoms with Gasteiger partial charge in [0.2, 0.25) is 5.91 Å². The molecule has 0 saturated carbocycles. The second-order valence-electron chi connectivity index (χ2n) is 4.75. The molecule has 1 fully saturated rings. The molecule has 2 amide bonds. The van der Waals surface area contributed by atoms with E-state index in [-0.39, 0.29) is 18.6 Å². The summed E-state index contributed by atoms with van der Waals surface area (Å²) in [7, 11) is 0. The summed E-state index contributed by atoms with van der Waals surface area (Å²) in [5, 5.41) is 14.4. The monoisotopic (exact) mass is 293 g/mol. The largest absolute Gasteiger partial charge is 0.442 e. The van der Waals surface area contributed by atoms with E-state index in [1.807, 2.05) is 24.3 Å². The fraction of sp³-hybridized carbons (Fsp3) is 0.429. The molecule has 0 spiro atoms. The van der Waals surface area contributed by atoms with Crippen molar-refractivity contribution in [2.45, 2.75) is 13.0 Å². The van der Waals surface area contributed by atoms with Crippen molar-refractivity contribution >= 4 is 23.4 Å². The number of benzene rings is 1. The number of anilines is 2. The van der Waals surface area contributed by atoms with Crippen molar-refractivity contribution < 1.29 is 19.4 Å². The Labute approximate surface area is 122 Å². The number of amides is 2. The zero-order valence-corrected chi connectivity index (χ0v) is 11.8. The zero-order chi connectivity index (χ0) is 15.2. The van der Waals surface area contributed by atoms with Crippen molar-refractivity contribution in [3.8, 4) is 0 Å². The standard InChI is InChI=1S/C14H19N3O4/c1-10(19)16-8-13-9-17(14(20)21-13)12-4-2-11(3-5-12)15-6-7-18/h2-5,13,15,18H,6-9H2,1H3,(H,16,19). The first kappa shape index (κ1) is 15.1. The molecular formula is C14H19N3O4. The number of aliphatic hydroxyl groups excluding tert-OH is 1. The van der Waals surface area contributed by atoms with Crippen molar-refractivity contribution in [3.05, 3.63) is 24.3 Å². The predicted octanol–water partition coefficient (Wildman–Crippen LogP) is 0.552. The quantitative estimate of drug-likeness (QED) is 0.712. The number of carbonyl (C=O) groups excluding carboxylic acids is 2. The summed E-state index contributed by atoms with van der Waals surface area (Å²) in [5.41, 5.74) is 1.61. The average molecular weight is 293 g/mol. The highest BCUT2D eigenvalue weighted by Gasteiger charge is 2.32. The van der Waals surface area contributed by atoms with E-state index in [1.54, 1.807) is 0 Å². The van der Waals surface area contributed by atoms with Crippen LogP contribution >= 0.6 is 0 Å². The lowest BCUT2D eigenvalue weighted by Gasteiger charge is -2.14. The summed E-state index contributed by atoms with van der Waals surface area (Å²) in [6.45, 7) is 2.68. The van der Waals surface area contributed by atoms with E-state index >= 15 is 0 Å². The van der Waals surface area contributed by atoms with Crippen LogP contribution in [-0.4, -0.2) is 49.5 Å². The highest BCUT2D eigenvalue weighted by Crippen LogP contribution is 2.23. The molecule has 1 aliphatic heterocycles. The van der Waals surface area contributed by atoms with Gasteiger partial charge in [-0.2, -0.15) is 0 Å². The second-order valence-corrected chi connectivity index (χ2v) is 4.75. The molecule has 21 heavy (non-hydrogen) atoms. The normalized spacial score (nSPS) is 17.5. The maximum Gasteiger partial charge on any atom is 0.414 e. The molecular weight excluding hydrogens is 274 g/mol. The van der Waals surface area contributed by atoms with Gasteiger partial charge in [0.05, 0.1) is 19.7 Å². The summed E-state index contributed by atoms with van der Waals surface area (Å²) >= 11 is 0. The number of aliphatic hydroxyl groups is 1. The van der Waals surface area contributed by atoms with E-state index in [9.17, 15) is 9.59 Å². The fourth-order valence-electron chi connectivity index (χ4n) is 2.06. The van der Waals surface area contributed by atoms with Crippen LogP contribution in [0.15, 0.2) is 24.3 Å². The molecule has 1 unspecified atom stereocenters. The minimum absolute atomic E-state index is 0.0605. The Bertz CT molecular complexity index is 503. The van der Waals surface area contributed by atoms with Crippen molar-refractivity contribution in [2.24, 2.45) is 0 Å². The van der Waals surface area contributed by atoms with Gasteiger partial charge in [0.1, 0.15) is 6.10 Å². The molecule has 0 aromatic heterocycles. The summed E-state index contributed by atoms with van der Waals surface area (Å²) < 4.78 is 5.20. The van der Waals surface area contributed by atoms with Gasteiger partial charge >= 0.3 is 6.09 Å². The Morgan fingerprint density at radius 2 is 2.14 bits per heavy atom. The summed E-state index contributed by atoms with van der Waals surface area (Å²) in [4.78, 5) is 24.2. The van der Waals surface area contributed by atoms with E-state index < -0.39 is 6.09 Å². The van der Waals surface area contributed by atoms with Gasteiger partial charge in [-0.15, -0.1) is 0 Å². The Balaban J connectivity index is 1.95. The highest BCUT2D eigenvalue weighted by molar-refractivity contribution is 5.90. The lowest BCUT2D eigenvalue weighted by molar-refractivity contribution is -0.119. The SMILES string of the molecule is CC(=O)NCC1CN(c2ccc(NCCO)cc2)C(=O)O1. The molecule has 114 valence electrons. The maximum absolute atomic E-state index is 11.8. The number of hydrogen-bond acceptors (Lipinski definition) is 5. The third kappa shape index (κ3) is 4.09. The van der Waals surface area contributed by atoms with Gasteiger partial charge in [-0.3, -0.25) is 9.69 Å². The molecule has 3 N–H and O–H groups in total. The Morgan fingerprint density at radius 1 is 1.43 bits per heavy atom. The smallest absolute Gasteiger partial charge is 0.414 e. The van der Waals surface area contributed by atoms with E-state index in [2.05, 4.69) is 10.6 Å². The van der Waals surface area contributed by atoms with E-state index in [4.69, 9.17) is 9.84 Å². The predicted molar refractivity (Wildman–Crippen MR) is 78.3 cm³/mol. The van der Waals surface area contributed by atoms with Gasteiger partial charge < -0.3 is 20.5 Å². The zero-order valence-electron chi connectivity index (χ0n) is 11.8. The van der Waals surface area contributed by atoms with Gasteiger partial charge in [-0.1, -0.05) is 0 Å². The van der Waals surface area contributed by atoms with Crippen LogP contribution < -0.4 is 15.5 Å². The van der Waals surface area contributed by atoms with Crippen LogP contribution in [0.1, 0.15) is 6.92 Å². The first-order valence-corrected chi connectivity index (χ1v) is 6.77. The number of cyclic esters (lactones) is 1. The Hall–Kier alpha value is -2.28. The van der Waals surface area contributed by atoms with Crippen LogP contribution in [0.2, 0.25) is 0 Å². The van der Waals surface area contributed by atoms with Crippen molar-refractivity contribution in [2.75, 3.05) is 36.5 Å². The molecule has 1 heterocycles. The topological polar surface area (TPSA) is 90.9 Å². The van der Waals surface area contributed by atoms with Gasteiger partial charge in [0.25, 0.3) is 0 Å². The number of hydrogen-bond donors (Lipinski definition) is 3. The number of nitrogens with one attached hydrogen (secondary N) is 2. The van der Waals surface area contributed by atoms with Crippen molar-refractivity contribution in [3.63, 3.8) is 0 Å². The van der Waals surface area contributed by atoms with Gasteiger partial charge in [0.15, 0.2) is 0 Å². The molecule has 1 aliphatic rings. The molecule has 7 nitrogen and oxygen atoms in total. The molecule has 0 radical (unpaired) electrons. The first-order valence-electron chi connectivity index (χ1n) is 6.77.